The van der Waals surface area contributed by atoms with Gasteiger partial charge in [0.1, 0.15) is 6.54 Å². The standard InChI is InChI=1S/C12H22N2O3/c1-3-7-14(8-10(15)16)11(17)12(4-2)5-6-13-9-12/h13H,3-9H2,1-2H3,(H,15,16). The van der Waals surface area contributed by atoms with E-state index in [1.807, 2.05) is 13.8 Å². The van der Waals surface area contributed by atoms with Gasteiger partial charge in [0.2, 0.25) is 5.91 Å². The number of hydrogen-bond acceptors (Lipinski definition) is 3. The van der Waals surface area contributed by atoms with Gasteiger partial charge in [0, 0.05) is 13.1 Å². The second-order valence-corrected chi connectivity index (χ2v) is 4.68. The van der Waals surface area contributed by atoms with Crippen LogP contribution in [0.3, 0.4) is 0 Å². The van der Waals surface area contributed by atoms with Crippen molar-refractivity contribution >= 4 is 11.9 Å². The predicted molar refractivity (Wildman–Crippen MR) is 64.7 cm³/mol. The second kappa shape index (κ2) is 6.00. The Morgan fingerprint density at radius 3 is 2.53 bits per heavy atom. The zero-order valence-corrected chi connectivity index (χ0v) is 10.7. The molecule has 0 aromatic carbocycles. The molecule has 17 heavy (non-hydrogen) atoms. The molecule has 1 unspecified atom stereocenters. The van der Waals surface area contributed by atoms with Gasteiger partial charge in [-0.25, -0.2) is 0 Å². The van der Waals surface area contributed by atoms with Gasteiger partial charge in [0.25, 0.3) is 0 Å². The van der Waals surface area contributed by atoms with Gasteiger partial charge in [-0.3, -0.25) is 9.59 Å². The highest BCUT2D eigenvalue weighted by molar-refractivity contribution is 5.86. The first-order valence-electron chi connectivity index (χ1n) is 6.27. The maximum atomic E-state index is 12.4. The Hall–Kier alpha value is -1.10. The van der Waals surface area contributed by atoms with Crippen LogP contribution >= 0.6 is 0 Å². The molecule has 1 amide bonds. The Kier molecular flexibility index (Phi) is 4.93. The van der Waals surface area contributed by atoms with Gasteiger partial charge >= 0.3 is 5.97 Å². The molecule has 5 heteroatoms. The van der Waals surface area contributed by atoms with E-state index in [1.54, 1.807) is 0 Å². The van der Waals surface area contributed by atoms with E-state index >= 15 is 0 Å². The topological polar surface area (TPSA) is 69.6 Å². The summed E-state index contributed by atoms with van der Waals surface area (Å²) in [6.45, 7) is 5.79. The lowest BCUT2D eigenvalue weighted by Gasteiger charge is -2.32. The Bertz CT molecular complexity index is 285. The highest BCUT2D eigenvalue weighted by Crippen LogP contribution is 2.31. The number of aliphatic carboxylic acids is 1. The first-order chi connectivity index (χ1) is 8.05. The minimum Gasteiger partial charge on any atom is -0.480 e. The van der Waals surface area contributed by atoms with Crippen molar-refractivity contribution in [3.05, 3.63) is 0 Å². The number of amides is 1. The third kappa shape index (κ3) is 3.19. The average Bonchev–Trinajstić information content (AvgIpc) is 2.76. The Morgan fingerprint density at radius 1 is 1.41 bits per heavy atom. The molecule has 98 valence electrons. The summed E-state index contributed by atoms with van der Waals surface area (Å²) in [7, 11) is 0. The molecule has 2 N–H and O–H groups in total. The number of rotatable bonds is 6. The minimum atomic E-state index is -0.941. The van der Waals surface area contributed by atoms with E-state index in [4.69, 9.17) is 5.11 Å². The lowest BCUT2D eigenvalue weighted by atomic mass is 9.82. The molecule has 1 saturated heterocycles. The van der Waals surface area contributed by atoms with Crippen molar-refractivity contribution in [2.75, 3.05) is 26.2 Å². The van der Waals surface area contributed by atoms with Crippen molar-refractivity contribution in [2.45, 2.75) is 33.1 Å². The van der Waals surface area contributed by atoms with Crippen LogP contribution in [-0.2, 0) is 9.59 Å². The maximum absolute atomic E-state index is 12.4. The SMILES string of the molecule is CCCN(CC(=O)O)C(=O)C1(CC)CCNC1. The number of carboxylic acids is 1. The molecule has 0 aromatic heterocycles. The molecule has 1 heterocycles. The number of carbonyl (C=O) groups excluding carboxylic acids is 1. The molecule has 0 aromatic rings. The average molecular weight is 242 g/mol. The van der Waals surface area contributed by atoms with Gasteiger partial charge in [-0.05, 0) is 25.8 Å². The van der Waals surface area contributed by atoms with E-state index in [0.717, 1.165) is 25.8 Å². The van der Waals surface area contributed by atoms with Gasteiger partial charge < -0.3 is 15.3 Å². The fourth-order valence-electron chi connectivity index (χ4n) is 2.40. The molecule has 0 aliphatic carbocycles. The van der Waals surface area contributed by atoms with E-state index in [9.17, 15) is 9.59 Å². The summed E-state index contributed by atoms with van der Waals surface area (Å²) in [6, 6.07) is 0. The molecule has 1 aliphatic rings. The van der Waals surface area contributed by atoms with E-state index in [0.29, 0.717) is 13.1 Å². The van der Waals surface area contributed by atoms with Crippen LogP contribution in [0, 0.1) is 5.41 Å². The summed E-state index contributed by atoms with van der Waals surface area (Å²) in [5.74, 6) is -0.946. The molecule has 5 nitrogen and oxygen atoms in total. The quantitative estimate of drug-likeness (QED) is 0.719. The third-order valence-electron chi connectivity index (χ3n) is 3.48. The lowest BCUT2D eigenvalue weighted by molar-refractivity contribution is -0.149. The fourth-order valence-corrected chi connectivity index (χ4v) is 2.40. The maximum Gasteiger partial charge on any atom is 0.323 e. The normalized spacial score (nSPS) is 23.6. The van der Waals surface area contributed by atoms with Gasteiger partial charge in [0.05, 0.1) is 5.41 Å². The summed E-state index contributed by atoms with van der Waals surface area (Å²) in [5.41, 5.74) is -0.384. The number of carbonyl (C=O) groups is 2. The molecular formula is C12H22N2O3. The van der Waals surface area contributed by atoms with Gasteiger partial charge in [-0.1, -0.05) is 13.8 Å². The van der Waals surface area contributed by atoms with E-state index in [-0.39, 0.29) is 17.9 Å². The van der Waals surface area contributed by atoms with Crippen LogP contribution in [0.5, 0.6) is 0 Å². The molecule has 1 fully saturated rings. The monoisotopic (exact) mass is 242 g/mol. The van der Waals surface area contributed by atoms with Crippen LogP contribution in [0.15, 0.2) is 0 Å². The van der Waals surface area contributed by atoms with Gasteiger partial charge in [0.15, 0.2) is 0 Å². The highest BCUT2D eigenvalue weighted by atomic mass is 16.4. The van der Waals surface area contributed by atoms with Crippen LogP contribution in [0.2, 0.25) is 0 Å². The van der Waals surface area contributed by atoms with E-state index < -0.39 is 5.97 Å². The van der Waals surface area contributed by atoms with Crippen molar-refractivity contribution < 1.29 is 14.7 Å². The smallest absolute Gasteiger partial charge is 0.323 e. The Labute approximate surface area is 102 Å². The van der Waals surface area contributed by atoms with Gasteiger partial charge in [-0.2, -0.15) is 0 Å². The summed E-state index contributed by atoms with van der Waals surface area (Å²) in [6.07, 6.45) is 2.35. The Morgan fingerprint density at radius 2 is 2.12 bits per heavy atom. The van der Waals surface area contributed by atoms with Crippen LogP contribution in [0.25, 0.3) is 0 Å². The van der Waals surface area contributed by atoms with Crippen LogP contribution in [0.1, 0.15) is 33.1 Å². The molecular weight excluding hydrogens is 220 g/mol. The molecule has 0 bridgehead atoms. The number of carboxylic acid groups (broad SMARTS) is 1. The largest absolute Gasteiger partial charge is 0.480 e. The van der Waals surface area contributed by atoms with Gasteiger partial charge in [-0.15, -0.1) is 0 Å². The molecule has 0 saturated carbocycles. The minimum absolute atomic E-state index is 0.00532. The van der Waals surface area contributed by atoms with Crippen molar-refractivity contribution in [1.82, 2.24) is 10.2 Å². The summed E-state index contributed by atoms with van der Waals surface area (Å²) in [5, 5.41) is 12.0. The van der Waals surface area contributed by atoms with E-state index in [1.165, 1.54) is 4.90 Å². The molecule has 0 spiro atoms. The van der Waals surface area contributed by atoms with Crippen molar-refractivity contribution in [3.63, 3.8) is 0 Å². The predicted octanol–water partition coefficient (Wildman–Crippen LogP) is 0.699. The summed E-state index contributed by atoms with van der Waals surface area (Å²) >= 11 is 0. The third-order valence-corrected chi connectivity index (χ3v) is 3.48. The fraction of sp³-hybridized carbons (Fsp3) is 0.833. The molecule has 0 radical (unpaired) electrons. The summed E-state index contributed by atoms with van der Waals surface area (Å²) in [4.78, 5) is 24.7. The zero-order valence-electron chi connectivity index (χ0n) is 10.7. The summed E-state index contributed by atoms with van der Waals surface area (Å²) < 4.78 is 0. The van der Waals surface area contributed by atoms with Crippen LogP contribution < -0.4 is 5.32 Å². The van der Waals surface area contributed by atoms with Crippen molar-refractivity contribution in [2.24, 2.45) is 5.41 Å². The second-order valence-electron chi connectivity index (χ2n) is 4.68. The molecule has 1 atom stereocenters. The highest BCUT2D eigenvalue weighted by Gasteiger charge is 2.42. The van der Waals surface area contributed by atoms with Crippen LogP contribution in [-0.4, -0.2) is 48.1 Å². The van der Waals surface area contributed by atoms with Crippen molar-refractivity contribution in [3.8, 4) is 0 Å². The van der Waals surface area contributed by atoms with E-state index in [2.05, 4.69) is 5.32 Å². The first-order valence-corrected chi connectivity index (χ1v) is 6.27. The molecule has 1 aliphatic heterocycles. The Balaban J connectivity index is 2.77. The zero-order chi connectivity index (χ0) is 12.9. The number of nitrogens with zero attached hydrogens (tertiary/aromatic N) is 1. The number of nitrogens with one attached hydrogen (secondary N) is 1. The first kappa shape index (κ1) is 14.0. The van der Waals surface area contributed by atoms with Crippen LogP contribution in [0.4, 0.5) is 0 Å². The molecule has 1 rings (SSSR count). The van der Waals surface area contributed by atoms with Crippen molar-refractivity contribution in [1.29, 1.82) is 0 Å². The number of hydrogen-bond donors (Lipinski definition) is 2. The lowest BCUT2D eigenvalue weighted by Crippen LogP contribution is -2.47.